The van der Waals surface area contributed by atoms with Gasteiger partial charge in [0.15, 0.2) is 0 Å². The molecule has 0 unspecified atom stereocenters. The van der Waals surface area contributed by atoms with E-state index >= 15 is 0 Å². The number of piperazine rings is 1. The van der Waals surface area contributed by atoms with Gasteiger partial charge in [-0.2, -0.15) is 0 Å². The van der Waals surface area contributed by atoms with Gasteiger partial charge in [0, 0.05) is 32.2 Å². The molecule has 1 atom stereocenters. The number of halogens is 2. The van der Waals surface area contributed by atoms with Crippen LogP contribution in [0.2, 0.25) is 0 Å². The molecule has 2 aromatic rings. The lowest BCUT2D eigenvalue weighted by Gasteiger charge is -2.33. The third kappa shape index (κ3) is 3.64. The zero-order valence-electron chi connectivity index (χ0n) is 11.7. The van der Waals surface area contributed by atoms with Crippen molar-refractivity contribution in [2.24, 2.45) is 0 Å². The van der Waals surface area contributed by atoms with Crippen LogP contribution in [0.1, 0.15) is 18.5 Å². The van der Waals surface area contributed by atoms with E-state index in [-0.39, 0.29) is 24.8 Å². The Morgan fingerprint density at radius 3 is 2.30 bits per heavy atom. The van der Waals surface area contributed by atoms with Crippen molar-refractivity contribution >= 4 is 35.6 Å². The Morgan fingerprint density at radius 1 is 0.950 bits per heavy atom. The van der Waals surface area contributed by atoms with Crippen LogP contribution in [0.5, 0.6) is 0 Å². The summed E-state index contributed by atoms with van der Waals surface area (Å²) < 4.78 is 0. The fraction of sp³-hybridized carbons (Fsp3) is 0.375. The fourth-order valence-corrected chi connectivity index (χ4v) is 2.75. The summed E-state index contributed by atoms with van der Waals surface area (Å²) in [5.41, 5.74) is 1.43. The van der Waals surface area contributed by atoms with Crippen molar-refractivity contribution in [3.05, 3.63) is 48.0 Å². The van der Waals surface area contributed by atoms with E-state index in [9.17, 15) is 0 Å². The zero-order valence-corrected chi connectivity index (χ0v) is 13.3. The summed E-state index contributed by atoms with van der Waals surface area (Å²) in [5, 5.41) is 6.08. The second-order valence-corrected chi connectivity index (χ2v) is 5.07. The highest BCUT2D eigenvalue weighted by Crippen LogP contribution is 2.24. The van der Waals surface area contributed by atoms with Crippen LogP contribution < -0.4 is 5.32 Å². The summed E-state index contributed by atoms with van der Waals surface area (Å²) in [6.07, 6.45) is 0. The van der Waals surface area contributed by atoms with Gasteiger partial charge in [-0.05, 0) is 29.3 Å². The van der Waals surface area contributed by atoms with Gasteiger partial charge in [-0.1, -0.05) is 36.4 Å². The molecule has 0 bridgehead atoms. The number of hydrogen-bond donors (Lipinski definition) is 1. The summed E-state index contributed by atoms with van der Waals surface area (Å²) in [6.45, 7) is 6.83. The minimum atomic E-state index is 0. The highest BCUT2D eigenvalue weighted by atomic mass is 35.5. The molecule has 20 heavy (non-hydrogen) atoms. The van der Waals surface area contributed by atoms with Crippen molar-refractivity contribution < 1.29 is 0 Å². The minimum absolute atomic E-state index is 0. The topological polar surface area (TPSA) is 15.3 Å². The van der Waals surface area contributed by atoms with Gasteiger partial charge in [-0.25, -0.2) is 0 Å². The van der Waals surface area contributed by atoms with Gasteiger partial charge in [0.25, 0.3) is 0 Å². The fourth-order valence-electron chi connectivity index (χ4n) is 2.75. The lowest BCUT2D eigenvalue weighted by atomic mass is 10.0. The second kappa shape index (κ2) is 7.84. The summed E-state index contributed by atoms with van der Waals surface area (Å²) in [5.74, 6) is 0. The monoisotopic (exact) mass is 312 g/mol. The van der Waals surface area contributed by atoms with Gasteiger partial charge in [-0.3, -0.25) is 4.90 Å². The molecule has 0 saturated carbocycles. The van der Waals surface area contributed by atoms with Crippen LogP contribution >= 0.6 is 24.8 Å². The molecule has 1 N–H and O–H groups in total. The van der Waals surface area contributed by atoms with Crippen molar-refractivity contribution in [2.45, 2.75) is 13.0 Å². The third-order valence-corrected chi connectivity index (χ3v) is 3.96. The Balaban J connectivity index is 0.000001000. The molecular weight excluding hydrogens is 291 g/mol. The molecule has 0 radical (unpaired) electrons. The number of fused-ring (bicyclic) bond motifs is 1. The van der Waals surface area contributed by atoms with Gasteiger partial charge in [0.2, 0.25) is 0 Å². The first-order chi connectivity index (χ1) is 8.84. The number of benzene rings is 2. The molecular formula is C16H22Cl2N2. The highest BCUT2D eigenvalue weighted by molar-refractivity contribution is 5.85. The number of nitrogens with one attached hydrogen (secondary N) is 1. The van der Waals surface area contributed by atoms with Gasteiger partial charge in [-0.15, -0.1) is 24.8 Å². The van der Waals surface area contributed by atoms with Gasteiger partial charge in [0.05, 0.1) is 0 Å². The summed E-state index contributed by atoms with van der Waals surface area (Å²) in [6, 6.07) is 15.9. The Bertz CT molecular complexity index is 539. The smallest absolute Gasteiger partial charge is 0.0321 e. The molecule has 1 fully saturated rings. The molecule has 1 saturated heterocycles. The van der Waals surface area contributed by atoms with Gasteiger partial charge in [0.1, 0.15) is 0 Å². The van der Waals surface area contributed by atoms with Crippen LogP contribution in [-0.2, 0) is 0 Å². The molecule has 1 aliphatic rings. The average Bonchev–Trinajstić information content (AvgIpc) is 2.47. The predicted molar refractivity (Wildman–Crippen MR) is 91.3 cm³/mol. The molecule has 1 heterocycles. The summed E-state index contributed by atoms with van der Waals surface area (Å²) in [4.78, 5) is 2.56. The number of hydrogen-bond acceptors (Lipinski definition) is 2. The van der Waals surface area contributed by atoms with E-state index in [1.54, 1.807) is 0 Å². The normalized spacial score (nSPS) is 17.1. The molecule has 4 heteroatoms. The average molecular weight is 313 g/mol. The quantitative estimate of drug-likeness (QED) is 0.910. The molecule has 0 spiro atoms. The van der Waals surface area contributed by atoms with E-state index in [2.05, 4.69) is 59.6 Å². The van der Waals surface area contributed by atoms with Crippen LogP contribution in [0.25, 0.3) is 10.8 Å². The van der Waals surface area contributed by atoms with Crippen molar-refractivity contribution in [3.63, 3.8) is 0 Å². The van der Waals surface area contributed by atoms with E-state index < -0.39 is 0 Å². The summed E-state index contributed by atoms with van der Waals surface area (Å²) >= 11 is 0. The van der Waals surface area contributed by atoms with Crippen molar-refractivity contribution in [1.29, 1.82) is 0 Å². The number of rotatable bonds is 2. The first-order valence-electron chi connectivity index (χ1n) is 6.78. The molecule has 2 nitrogen and oxygen atoms in total. The van der Waals surface area contributed by atoms with Crippen molar-refractivity contribution in [1.82, 2.24) is 10.2 Å². The van der Waals surface area contributed by atoms with Crippen LogP contribution in [0.15, 0.2) is 42.5 Å². The SMILES string of the molecule is C[C@H](c1ccc2ccccc2c1)N1CCNCC1.Cl.Cl. The molecule has 0 aromatic heterocycles. The van der Waals surface area contributed by atoms with Crippen LogP contribution in [0.3, 0.4) is 0 Å². The zero-order chi connectivity index (χ0) is 12.4. The number of nitrogens with zero attached hydrogens (tertiary/aromatic N) is 1. The van der Waals surface area contributed by atoms with Gasteiger partial charge < -0.3 is 5.32 Å². The molecule has 2 aromatic carbocycles. The predicted octanol–water partition coefficient (Wildman–Crippen LogP) is 3.65. The van der Waals surface area contributed by atoms with E-state index in [0.29, 0.717) is 6.04 Å². The largest absolute Gasteiger partial charge is 0.314 e. The van der Waals surface area contributed by atoms with Crippen molar-refractivity contribution in [2.75, 3.05) is 26.2 Å². The maximum Gasteiger partial charge on any atom is 0.0321 e. The second-order valence-electron chi connectivity index (χ2n) is 5.07. The highest BCUT2D eigenvalue weighted by Gasteiger charge is 2.17. The Labute approximate surface area is 133 Å². The molecule has 1 aliphatic heterocycles. The molecule has 0 amide bonds. The Hall–Kier alpha value is -0.800. The lowest BCUT2D eigenvalue weighted by Crippen LogP contribution is -2.44. The standard InChI is InChI=1S/C16H20N2.2ClH/c1-13(18-10-8-17-9-11-18)15-7-6-14-4-2-3-5-16(14)12-15;;/h2-7,12-13,17H,8-11H2,1H3;2*1H/t13-;;/m1../s1. The molecule has 0 aliphatic carbocycles. The molecule has 110 valence electrons. The minimum Gasteiger partial charge on any atom is -0.314 e. The lowest BCUT2D eigenvalue weighted by molar-refractivity contribution is 0.185. The first-order valence-corrected chi connectivity index (χ1v) is 6.78. The summed E-state index contributed by atoms with van der Waals surface area (Å²) in [7, 11) is 0. The van der Waals surface area contributed by atoms with E-state index in [1.165, 1.54) is 16.3 Å². The van der Waals surface area contributed by atoms with E-state index in [0.717, 1.165) is 26.2 Å². The van der Waals surface area contributed by atoms with E-state index in [1.807, 2.05) is 0 Å². The van der Waals surface area contributed by atoms with E-state index in [4.69, 9.17) is 0 Å². The first kappa shape index (κ1) is 17.3. The van der Waals surface area contributed by atoms with Crippen LogP contribution in [-0.4, -0.2) is 31.1 Å². The Morgan fingerprint density at radius 2 is 1.60 bits per heavy atom. The Kier molecular flexibility index (Phi) is 6.77. The maximum atomic E-state index is 3.41. The maximum absolute atomic E-state index is 3.41. The van der Waals surface area contributed by atoms with Crippen LogP contribution in [0.4, 0.5) is 0 Å². The van der Waals surface area contributed by atoms with Gasteiger partial charge >= 0.3 is 0 Å². The third-order valence-electron chi connectivity index (χ3n) is 3.96. The molecule has 3 rings (SSSR count). The van der Waals surface area contributed by atoms with Crippen LogP contribution in [0, 0.1) is 0 Å². The van der Waals surface area contributed by atoms with Crippen molar-refractivity contribution in [3.8, 4) is 0 Å².